The summed E-state index contributed by atoms with van der Waals surface area (Å²) in [4.78, 5) is 7.53. The van der Waals surface area contributed by atoms with E-state index in [1.807, 2.05) is 0 Å². The molecule has 4 heteroatoms. The minimum absolute atomic E-state index is 0.234. The highest BCUT2D eigenvalue weighted by molar-refractivity contribution is 7.14. The molecule has 164 valence electrons. The van der Waals surface area contributed by atoms with E-state index < -0.39 is 0 Å². The molecule has 3 nitrogen and oxygen atoms in total. The molecule has 2 aromatic rings. The first-order valence-electron chi connectivity index (χ1n) is 11.8. The van der Waals surface area contributed by atoms with E-state index in [1.54, 1.807) is 11.3 Å². The average molecular weight is 427 g/mol. The van der Waals surface area contributed by atoms with Gasteiger partial charge in [0.15, 0.2) is 5.13 Å². The van der Waals surface area contributed by atoms with Crippen LogP contribution in [0.3, 0.4) is 0 Å². The molecule has 0 spiro atoms. The number of aromatic nitrogens is 1. The molecule has 1 fully saturated rings. The van der Waals surface area contributed by atoms with Gasteiger partial charge in [-0.05, 0) is 66.0 Å². The maximum absolute atomic E-state index is 8.95. The first-order chi connectivity index (χ1) is 14.3. The van der Waals surface area contributed by atoms with Crippen molar-refractivity contribution in [2.45, 2.75) is 83.5 Å². The molecule has 1 aliphatic carbocycles. The first-order valence-corrected chi connectivity index (χ1v) is 12.6. The van der Waals surface area contributed by atoms with Crippen LogP contribution in [-0.2, 0) is 10.8 Å². The van der Waals surface area contributed by atoms with Crippen molar-refractivity contribution in [3.8, 4) is 11.3 Å². The number of aliphatic hydroxyl groups excluding tert-OH is 1. The summed E-state index contributed by atoms with van der Waals surface area (Å²) in [7, 11) is 0. The average Bonchev–Trinajstić information content (AvgIpc) is 3.38. The van der Waals surface area contributed by atoms with E-state index in [0.29, 0.717) is 6.61 Å². The zero-order chi connectivity index (χ0) is 21.4. The lowest BCUT2D eigenvalue weighted by Crippen LogP contribution is -2.33. The van der Waals surface area contributed by atoms with Crippen LogP contribution in [0.1, 0.15) is 83.8 Å². The zero-order valence-electron chi connectivity index (χ0n) is 19.2. The van der Waals surface area contributed by atoms with Gasteiger partial charge in [0.05, 0.1) is 5.69 Å². The standard InChI is InChI=1S/C26H38N2OS/c1-25(2)12-13-26(3,4)22-16-20(9-10-21(22)25)23-18-30-24(27-23)28-14-11-19(17-28)8-6-5-7-15-29/h9-10,16,18-19,29H,5-8,11-15,17H2,1-4H3. The normalized spacial score (nSPS) is 22.3. The minimum Gasteiger partial charge on any atom is -0.396 e. The van der Waals surface area contributed by atoms with Gasteiger partial charge in [-0.2, -0.15) is 0 Å². The van der Waals surface area contributed by atoms with Crippen molar-refractivity contribution in [1.82, 2.24) is 4.98 Å². The van der Waals surface area contributed by atoms with E-state index in [1.165, 1.54) is 53.9 Å². The van der Waals surface area contributed by atoms with Crippen molar-refractivity contribution in [2.24, 2.45) is 5.92 Å². The number of unbranched alkanes of at least 4 members (excludes halogenated alkanes) is 2. The second-order valence-corrected chi connectivity index (χ2v) is 11.6. The van der Waals surface area contributed by atoms with E-state index in [-0.39, 0.29) is 10.8 Å². The van der Waals surface area contributed by atoms with Crippen molar-refractivity contribution in [2.75, 3.05) is 24.6 Å². The van der Waals surface area contributed by atoms with Gasteiger partial charge in [-0.25, -0.2) is 4.98 Å². The van der Waals surface area contributed by atoms with E-state index in [4.69, 9.17) is 10.1 Å². The Morgan fingerprint density at radius 3 is 2.60 bits per heavy atom. The molecule has 1 saturated heterocycles. The Balaban J connectivity index is 1.47. The van der Waals surface area contributed by atoms with Gasteiger partial charge in [0.25, 0.3) is 0 Å². The Morgan fingerprint density at radius 2 is 1.83 bits per heavy atom. The van der Waals surface area contributed by atoms with Crippen LogP contribution < -0.4 is 4.90 Å². The second kappa shape index (κ2) is 8.63. The van der Waals surface area contributed by atoms with Gasteiger partial charge in [0, 0.05) is 30.6 Å². The Morgan fingerprint density at radius 1 is 1.07 bits per heavy atom. The number of rotatable bonds is 7. The molecule has 0 saturated carbocycles. The van der Waals surface area contributed by atoms with Crippen molar-refractivity contribution < 1.29 is 5.11 Å². The predicted molar refractivity (Wildman–Crippen MR) is 129 cm³/mol. The van der Waals surface area contributed by atoms with Gasteiger partial charge in [-0.15, -0.1) is 11.3 Å². The molecule has 30 heavy (non-hydrogen) atoms. The summed E-state index contributed by atoms with van der Waals surface area (Å²) >= 11 is 1.79. The Hall–Kier alpha value is -1.39. The van der Waals surface area contributed by atoms with Gasteiger partial charge >= 0.3 is 0 Å². The molecular weight excluding hydrogens is 388 g/mol. The molecule has 0 bridgehead atoms. The van der Waals surface area contributed by atoms with Crippen LogP contribution in [0.2, 0.25) is 0 Å². The third kappa shape index (κ3) is 4.45. The lowest BCUT2D eigenvalue weighted by molar-refractivity contribution is 0.281. The lowest BCUT2D eigenvalue weighted by Gasteiger charge is -2.42. The van der Waals surface area contributed by atoms with Gasteiger partial charge in [0.1, 0.15) is 0 Å². The SMILES string of the molecule is CC1(C)CCC(C)(C)c2cc(-c3csc(N4CCC(CCCCCO)C4)n3)ccc21. The Bertz CT molecular complexity index is 870. The molecule has 1 atom stereocenters. The summed E-state index contributed by atoms with van der Waals surface area (Å²) < 4.78 is 0. The summed E-state index contributed by atoms with van der Waals surface area (Å²) in [5.41, 5.74) is 5.91. The van der Waals surface area contributed by atoms with Gasteiger partial charge in [-0.3, -0.25) is 0 Å². The summed E-state index contributed by atoms with van der Waals surface area (Å²) in [6.45, 7) is 12.1. The molecule has 1 aromatic heterocycles. The fourth-order valence-electron chi connectivity index (χ4n) is 5.25. The minimum atomic E-state index is 0.234. The highest BCUT2D eigenvalue weighted by Gasteiger charge is 2.37. The molecule has 1 unspecified atom stereocenters. The summed E-state index contributed by atoms with van der Waals surface area (Å²) in [6, 6.07) is 7.07. The van der Waals surface area contributed by atoms with E-state index in [2.05, 4.69) is 56.2 Å². The molecule has 2 aliphatic rings. The molecule has 0 radical (unpaired) electrons. The van der Waals surface area contributed by atoms with Crippen molar-refractivity contribution in [3.05, 3.63) is 34.7 Å². The molecule has 2 heterocycles. The van der Waals surface area contributed by atoms with Crippen LogP contribution in [0.25, 0.3) is 11.3 Å². The van der Waals surface area contributed by atoms with E-state index >= 15 is 0 Å². The Kier molecular flexibility index (Phi) is 6.28. The quantitative estimate of drug-likeness (QED) is 0.511. The topological polar surface area (TPSA) is 36.4 Å². The Labute approximate surface area is 186 Å². The van der Waals surface area contributed by atoms with Crippen LogP contribution in [0.15, 0.2) is 23.6 Å². The molecule has 4 rings (SSSR count). The predicted octanol–water partition coefficient (Wildman–Crippen LogP) is 6.54. The fourth-order valence-corrected chi connectivity index (χ4v) is 6.13. The molecular formula is C26H38N2OS. The summed E-state index contributed by atoms with van der Waals surface area (Å²) in [5.74, 6) is 0.780. The third-order valence-corrected chi connectivity index (χ3v) is 8.37. The lowest BCUT2D eigenvalue weighted by atomic mass is 9.63. The number of hydrogen-bond donors (Lipinski definition) is 1. The van der Waals surface area contributed by atoms with Crippen LogP contribution >= 0.6 is 11.3 Å². The summed E-state index contributed by atoms with van der Waals surface area (Å²) in [5, 5.41) is 12.4. The smallest absolute Gasteiger partial charge is 0.185 e. The van der Waals surface area contributed by atoms with Gasteiger partial charge < -0.3 is 10.0 Å². The van der Waals surface area contributed by atoms with Gasteiger partial charge in [0.2, 0.25) is 0 Å². The van der Waals surface area contributed by atoms with Gasteiger partial charge in [-0.1, -0.05) is 52.7 Å². The first kappa shape index (κ1) is 21.8. The maximum atomic E-state index is 8.95. The maximum Gasteiger partial charge on any atom is 0.185 e. The van der Waals surface area contributed by atoms with Crippen molar-refractivity contribution in [3.63, 3.8) is 0 Å². The van der Waals surface area contributed by atoms with Crippen molar-refractivity contribution >= 4 is 16.5 Å². The number of fused-ring (bicyclic) bond motifs is 1. The van der Waals surface area contributed by atoms with Crippen LogP contribution in [0.5, 0.6) is 0 Å². The monoisotopic (exact) mass is 426 g/mol. The number of hydrogen-bond acceptors (Lipinski definition) is 4. The van der Waals surface area contributed by atoms with Crippen LogP contribution in [0.4, 0.5) is 5.13 Å². The fraction of sp³-hybridized carbons (Fsp3) is 0.654. The highest BCUT2D eigenvalue weighted by atomic mass is 32.1. The number of nitrogens with zero attached hydrogens (tertiary/aromatic N) is 2. The molecule has 0 amide bonds. The molecule has 1 aliphatic heterocycles. The van der Waals surface area contributed by atoms with Crippen LogP contribution in [-0.4, -0.2) is 29.8 Å². The zero-order valence-corrected chi connectivity index (χ0v) is 20.0. The highest BCUT2D eigenvalue weighted by Crippen LogP contribution is 2.47. The number of thiazole rings is 1. The second-order valence-electron chi connectivity index (χ2n) is 10.7. The summed E-state index contributed by atoms with van der Waals surface area (Å²) in [6.07, 6.45) is 8.39. The number of benzene rings is 1. The molecule has 1 aromatic carbocycles. The van der Waals surface area contributed by atoms with E-state index in [9.17, 15) is 0 Å². The van der Waals surface area contributed by atoms with Crippen molar-refractivity contribution in [1.29, 1.82) is 0 Å². The van der Waals surface area contributed by atoms with E-state index in [0.717, 1.165) is 37.5 Å². The third-order valence-electron chi connectivity index (χ3n) is 7.47. The number of aliphatic hydroxyl groups is 1. The molecule has 1 N–H and O–H groups in total. The van der Waals surface area contributed by atoms with Crippen LogP contribution in [0, 0.1) is 5.92 Å². The number of anilines is 1. The largest absolute Gasteiger partial charge is 0.396 e.